The predicted octanol–water partition coefficient (Wildman–Crippen LogP) is 2.47. The van der Waals surface area contributed by atoms with E-state index in [1.54, 1.807) is 20.8 Å². The van der Waals surface area contributed by atoms with Crippen molar-refractivity contribution < 1.29 is 26.5 Å². The highest BCUT2D eigenvalue weighted by Crippen LogP contribution is 2.31. The van der Waals surface area contributed by atoms with Gasteiger partial charge in [0.05, 0.1) is 5.69 Å². The van der Waals surface area contributed by atoms with Gasteiger partial charge in [-0.1, -0.05) is 0 Å². The number of aryl methyl sites for hydroxylation is 2. The molecule has 0 fully saturated rings. The number of anilines is 1. The lowest BCUT2D eigenvalue weighted by Gasteiger charge is -2.12. The zero-order valence-electron chi connectivity index (χ0n) is 12.9. The second-order valence-corrected chi connectivity index (χ2v) is 6.69. The Morgan fingerprint density at radius 1 is 1.35 bits per heavy atom. The van der Waals surface area contributed by atoms with Crippen LogP contribution in [0.2, 0.25) is 0 Å². The number of ether oxygens (including phenoxy) is 1. The second-order valence-electron chi connectivity index (χ2n) is 5.07. The van der Waals surface area contributed by atoms with Gasteiger partial charge in [-0.25, -0.2) is 4.68 Å². The largest absolute Gasteiger partial charge is 0.412 e. The summed E-state index contributed by atoms with van der Waals surface area (Å²) in [5.74, 6) is -0.634. The zero-order chi connectivity index (χ0) is 17.4. The van der Waals surface area contributed by atoms with Gasteiger partial charge in [0.2, 0.25) is 0 Å². The number of aromatic nitrogens is 3. The van der Waals surface area contributed by atoms with Gasteiger partial charge in [-0.2, -0.15) is 22.3 Å². The highest BCUT2D eigenvalue weighted by atomic mass is 32.2. The molecule has 8 nitrogen and oxygen atoms in total. The average Bonchev–Trinajstić information content (AvgIpc) is 2.96. The van der Waals surface area contributed by atoms with E-state index in [4.69, 9.17) is 4.52 Å². The van der Waals surface area contributed by atoms with Crippen LogP contribution >= 0.6 is 0 Å². The zero-order valence-corrected chi connectivity index (χ0v) is 13.7. The topological polar surface area (TPSA) is 99.3 Å². The fraction of sp³-hybridized carbons (Fsp3) is 0.500. The van der Waals surface area contributed by atoms with Crippen LogP contribution in [-0.4, -0.2) is 30.0 Å². The monoisotopic (exact) mass is 350 g/mol. The Morgan fingerprint density at radius 2 is 2.00 bits per heavy atom. The summed E-state index contributed by atoms with van der Waals surface area (Å²) in [5.41, 5.74) is 0.227. The lowest BCUT2D eigenvalue weighted by molar-refractivity contribution is -0.0541. The van der Waals surface area contributed by atoms with E-state index in [0.29, 0.717) is 5.69 Å². The Labute approximate surface area is 131 Å². The van der Waals surface area contributed by atoms with Crippen molar-refractivity contribution in [2.24, 2.45) is 0 Å². The molecule has 1 N–H and O–H groups in total. The molecule has 0 atom stereocenters. The maximum Gasteiger partial charge on any atom is 0.388 e. The quantitative estimate of drug-likeness (QED) is 0.859. The van der Waals surface area contributed by atoms with E-state index in [1.165, 1.54) is 17.7 Å². The minimum atomic E-state index is -4.09. The maximum absolute atomic E-state index is 12.5. The molecule has 0 aliphatic rings. The van der Waals surface area contributed by atoms with Crippen LogP contribution in [0.1, 0.15) is 31.3 Å². The van der Waals surface area contributed by atoms with Gasteiger partial charge in [-0.3, -0.25) is 4.72 Å². The summed E-state index contributed by atoms with van der Waals surface area (Å²) in [4.78, 5) is 0. The SMILES string of the molecule is Cc1cc(S(=O)(=O)Nc2c(OC(F)F)noc2C)n(C(C)C)n1. The molecule has 0 aliphatic carbocycles. The molecular weight excluding hydrogens is 334 g/mol. The molecule has 23 heavy (non-hydrogen) atoms. The lowest BCUT2D eigenvalue weighted by Crippen LogP contribution is -2.20. The van der Waals surface area contributed by atoms with E-state index in [9.17, 15) is 17.2 Å². The third-order valence-electron chi connectivity index (χ3n) is 2.86. The first kappa shape index (κ1) is 17.2. The molecule has 2 heterocycles. The molecule has 0 saturated carbocycles. The number of alkyl halides is 2. The molecule has 2 rings (SSSR count). The fourth-order valence-electron chi connectivity index (χ4n) is 1.88. The molecule has 0 spiro atoms. The van der Waals surface area contributed by atoms with Gasteiger partial charge in [0.1, 0.15) is 0 Å². The molecule has 0 amide bonds. The predicted molar refractivity (Wildman–Crippen MR) is 76.0 cm³/mol. The van der Waals surface area contributed by atoms with Gasteiger partial charge >= 0.3 is 6.61 Å². The first-order chi connectivity index (χ1) is 10.6. The molecule has 0 radical (unpaired) electrons. The van der Waals surface area contributed by atoms with E-state index in [1.807, 2.05) is 0 Å². The summed E-state index contributed by atoms with van der Waals surface area (Å²) in [7, 11) is -4.09. The van der Waals surface area contributed by atoms with Crippen molar-refractivity contribution in [3.63, 3.8) is 0 Å². The number of hydrogen-bond donors (Lipinski definition) is 1. The van der Waals surface area contributed by atoms with E-state index in [0.717, 1.165) is 0 Å². The Kier molecular flexibility index (Phi) is 4.59. The van der Waals surface area contributed by atoms with Crippen LogP contribution in [-0.2, 0) is 10.0 Å². The van der Waals surface area contributed by atoms with E-state index in [-0.39, 0.29) is 22.5 Å². The highest BCUT2D eigenvalue weighted by molar-refractivity contribution is 7.92. The first-order valence-electron chi connectivity index (χ1n) is 6.62. The number of rotatable bonds is 6. The van der Waals surface area contributed by atoms with Crippen molar-refractivity contribution in [2.45, 2.75) is 45.4 Å². The molecule has 0 aromatic carbocycles. The number of nitrogens with zero attached hydrogens (tertiary/aromatic N) is 3. The van der Waals surface area contributed by atoms with Crippen molar-refractivity contribution in [2.75, 3.05) is 4.72 Å². The Balaban J connectivity index is 2.42. The Bertz CT molecular complexity index is 798. The molecule has 2 aromatic heterocycles. The van der Waals surface area contributed by atoms with Crippen molar-refractivity contribution in [3.05, 3.63) is 17.5 Å². The molecular formula is C12H16F2N4O4S. The molecule has 0 unspecified atom stereocenters. The molecule has 0 bridgehead atoms. The van der Waals surface area contributed by atoms with E-state index >= 15 is 0 Å². The summed E-state index contributed by atoms with van der Waals surface area (Å²) in [6, 6.07) is 1.16. The highest BCUT2D eigenvalue weighted by Gasteiger charge is 2.27. The van der Waals surface area contributed by atoms with Crippen LogP contribution in [0.3, 0.4) is 0 Å². The smallest absolute Gasteiger partial charge is 0.388 e. The van der Waals surface area contributed by atoms with Gasteiger partial charge in [-0.15, -0.1) is 0 Å². The molecule has 2 aromatic rings. The summed E-state index contributed by atoms with van der Waals surface area (Å²) in [6.45, 7) is 3.39. The van der Waals surface area contributed by atoms with Gasteiger partial charge in [0.25, 0.3) is 15.9 Å². The van der Waals surface area contributed by atoms with Crippen LogP contribution in [0.5, 0.6) is 5.88 Å². The number of nitrogens with one attached hydrogen (secondary N) is 1. The van der Waals surface area contributed by atoms with Crippen molar-refractivity contribution in [1.29, 1.82) is 0 Å². The van der Waals surface area contributed by atoms with Gasteiger partial charge < -0.3 is 9.26 Å². The number of sulfonamides is 1. The van der Waals surface area contributed by atoms with Gasteiger partial charge in [-0.05, 0) is 38.9 Å². The summed E-state index contributed by atoms with van der Waals surface area (Å²) in [6.07, 6.45) is 0. The first-order valence-corrected chi connectivity index (χ1v) is 8.10. The summed E-state index contributed by atoms with van der Waals surface area (Å²) >= 11 is 0. The van der Waals surface area contributed by atoms with Crippen LogP contribution in [0, 0.1) is 13.8 Å². The van der Waals surface area contributed by atoms with Crippen LogP contribution in [0.4, 0.5) is 14.5 Å². The summed E-state index contributed by atoms with van der Waals surface area (Å²) < 4.78 is 62.1. The van der Waals surface area contributed by atoms with Crippen LogP contribution in [0.15, 0.2) is 15.6 Å². The van der Waals surface area contributed by atoms with Crippen molar-refractivity contribution in [1.82, 2.24) is 14.9 Å². The number of halogens is 2. The average molecular weight is 350 g/mol. The molecule has 0 saturated heterocycles. The van der Waals surface area contributed by atoms with Crippen LogP contribution < -0.4 is 9.46 Å². The maximum atomic E-state index is 12.5. The van der Waals surface area contributed by atoms with Crippen molar-refractivity contribution in [3.8, 4) is 5.88 Å². The van der Waals surface area contributed by atoms with Gasteiger partial charge in [0.15, 0.2) is 16.5 Å². The lowest BCUT2D eigenvalue weighted by atomic mass is 10.4. The van der Waals surface area contributed by atoms with Gasteiger partial charge in [0, 0.05) is 6.04 Å². The molecule has 11 heteroatoms. The standard InChI is InChI=1S/C12H16F2N4O4S/c1-6(2)18-9(5-7(3)15-18)23(19,20)17-10-8(4)22-16-11(10)21-12(13)14/h5-6,12,17H,1-4H3. The number of hydrogen-bond acceptors (Lipinski definition) is 6. The second kappa shape index (κ2) is 6.14. The fourth-order valence-corrected chi connectivity index (χ4v) is 3.31. The minimum Gasteiger partial charge on any atom is -0.412 e. The summed E-state index contributed by atoms with van der Waals surface area (Å²) in [5, 5.41) is 7.27. The molecule has 128 valence electrons. The minimum absolute atomic E-state index is 0.00319. The Hall–Kier alpha value is -2.17. The van der Waals surface area contributed by atoms with Crippen molar-refractivity contribution >= 4 is 15.7 Å². The third-order valence-corrected chi connectivity index (χ3v) is 4.19. The Morgan fingerprint density at radius 3 is 2.57 bits per heavy atom. The molecule has 0 aliphatic heterocycles. The van der Waals surface area contributed by atoms with Crippen LogP contribution in [0.25, 0.3) is 0 Å². The normalized spacial score (nSPS) is 12.2. The third kappa shape index (κ3) is 3.60. The van der Waals surface area contributed by atoms with E-state index < -0.39 is 22.5 Å². The van der Waals surface area contributed by atoms with E-state index in [2.05, 4.69) is 19.7 Å².